The second-order valence-electron chi connectivity index (χ2n) is 5.11. The number of hydrogen-bond donors (Lipinski definition) is 2. The number of alkyl halides is 3. The van der Waals surface area contributed by atoms with Gasteiger partial charge in [0.25, 0.3) is 11.6 Å². The first-order valence-electron chi connectivity index (χ1n) is 6.75. The minimum absolute atomic E-state index is 0.0242. The van der Waals surface area contributed by atoms with Crippen LogP contribution in [0.2, 0.25) is 0 Å². The summed E-state index contributed by atoms with van der Waals surface area (Å²) in [5, 5.41) is 13.8. The third kappa shape index (κ3) is 2.66. The molecule has 1 aromatic rings. The lowest BCUT2D eigenvalue weighted by Gasteiger charge is -2.32. The van der Waals surface area contributed by atoms with Gasteiger partial charge in [0.05, 0.1) is 5.56 Å². The van der Waals surface area contributed by atoms with Crippen molar-refractivity contribution in [3.8, 4) is 0 Å². The third-order valence-electron chi connectivity index (χ3n) is 3.42. The van der Waals surface area contributed by atoms with Gasteiger partial charge in [-0.2, -0.15) is 23.3 Å². The Morgan fingerprint density at radius 3 is 2.64 bits per heavy atom. The van der Waals surface area contributed by atoms with Crippen LogP contribution in [0.5, 0.6) is 0 Å². The van der Waals surface area contributed by atoms with Gasteiger partial charge in [-0.25, -0.2) is 0 Å². The fourth-order valence-corrected chi connectivity index (χ4v) is 2.29. The molecule has 0 radical (unpaired) electrons. The summed E-state index contributed by atoms with van der Waals surface area (Å²) in [4.78, 5) is 12.4. The highest BCUT2D eigenvalue weighted by molar-refractivity contribution is 6.01. The fourth-order valence-electron chi connectivity index (χ4n) is 2.29. The summed E-state index contributed by atoms with van der Waals surface area (Å²) >= 11 is 0. The Bertz CT molecular complexity index is 616. The molecular weight excluding hydrogens is 299 g/mol. The number of carbonyl (C=O) groups excluding carboxylic acids is 1. The molecular formula is C14H16F3N3O2. The van der Waals surface area contributed by atoms with Gasteiger partial charge in [-0.1, -0.05) is 25.5 Å². The topological polar surface area (TPSA) is 78.9 Å². The quantitative estimate of drug-likeness (QED) is 0.841. The van der Waals surface area contributed by atoms with E-state index in [0.717, 1.165) is 0 Å². The molecule has 0 aliphatic carbocycles. The zero-order chi connectivity index (χ0) is 16.5. The van der Waals surface area contributed by atoms with Gasteiger partial charge in [0.15, 0.2) is 0 Å². The highest BCUT2D eigenvalue weighted by Gasteiger charge is 2.63. The normalized spacial score (nSPS) is 21.9. The molecule has 8 heteroatoms. The number of carbonyl (C=O) groups is 1. The number of hydrazone groups is 1. The van der Waals surface area contributed by atoms with E-state index in [-0.39, 0.29) is 28.4 Å². The Kier molecular flexibility index (Phi) is 4.15. The van der Waals surface area contributed by atoms with Gasteiger partial charge >= 0.3 is 6.18 Å². The molecule has 0 aromatic heterocycles. The molecule has 1 aliphatic rings. The number of nitrogens with zero attached hydrogens (tertiary/aromatic N) is 2. The molecule has 0 fully saturated rings. The van der Waals surface area contributed by atoms with Crippen LogP contribution < -0.4 is 5.73 Å². The summed E-state index contributed by atoms with van der Waals surface area (Å²) in [6, 6.07) is 5.72. The van der Waals surface area contributed by atoms with Gasteiger partial charge in [0.2, 0.25) is 0 Å². The lowest BCUT2D eigenvalue weighted by atomic mass is 10.0. The van der Waals surface area contributed by atoms with Crippen LogP contribution in [0, 0.1) is 0 Å². The van der Waals surface area contributed by atoms with Crippen molar-refractivity contribution >= 4 is 17.3 Å². The summed E-state index contributed by atoms with van der Waals surface area (Å²) in [6.07, 6.45) is -4.94. The Hall–Kier alpha value is -2.09. The molecule has 0 saturated heterocycles. The van der Waals surface area contributed by atoms with Crippen LogP contribution in [0.25, 0.3) is 0 Å². The summed E-state index contributed by atoms with van der Waals surface area (Å²) in [5.74, 6) is -1.08. The number of aliphatic hydroxyl groups is 1. The predicted molar refractivity (Wildman–Crippen MR) is 75.0 cm³/mol. The number of benzene rings is 1. The van der Waals surface area contributed by atoms with E-state index >= 15 is 0 Å². The van der Waals surface area contributed by atoms with Gasteiger partial charge in [-0.15, -0.1) is 0 Å². The van der Waals surface area contributed by atoms with Gasteiger partial charge in [0.1, 0.15) is 0 Å². The predicted octanol–water partition coefficient (Wildman–Crippen LogP) is 2.52. The van der Waals surface area contributed by atoms with E-state index in [1.165, 1.54) is 18.2 Å². The van der Waals surface area contributed by atoms with Crippen LogP contribution in [0.4, 0.5) is 18.9 Å². The van der Waals surface area contributed by atoms with E-state index in [1.807, 2.05) is 0 Å². The van der Waals surface area contributed by atoms with Crippen molar-refractivity contribution in [2.24, 2.45) is 5.10 Å². The third-order valence-corrected chi connectivity index (χ3v) is 3.42. The minimum atomic E-state index is -5.02. The average molecular weight is 315 g/mol. The van der Waals surface area contributed by atoms with E-state index in [0.29, 0.717) is 6.42 Å². The maximum absolute atomic E-state index is 13.2. The number of rotatable bonds is 3. The van der Waals surface area contributed by atoms with Crippen molar-refractivity contribution in [1.29, 1.82) is 0 Å². The Balaban J connectivity index is 2.44. The molecule has 120 valence electrons. The summed E-state index contributed by atoms with van der Waals surface area (Å²) < 4.78 is 39.7. The molecule has 22 heavy (non-hydrogen) atoms. The second-order valence-corrected chi connectivity index (χ2v) is 5.11. The molecule has 1 aromatic carbocycles. The maximum atomic E-state index is 13.2. The SMILES string of the molecule is CCCC1=NN(C(=O)c2ccccc2N)[C@@](O)(C(F)(F)F)C1. The van der Waals surface area contributed by atoms with E-state index in [9.17, 15) is 23.1 Å². The zero-order valence-electron chi connectivity index (χ0n) is 11.9. The monoisotopic (exact) mass is 315 g/mol. The molecule has 5 nitrogen and oxygen atoms in total. The van der Waals surface area contributed by atoms with Crippen molar-refractivity contribution in [2.45, 2.75) is 38.1 Å². The number of amides is 1. The van der Waals surface area contributed by atoms with Crippen molar-refractivity contribution < 1.29 is 23.1 Å². The van der Waals surface area contributed by atoms with Crippen molar-refractivity contribution in [2.75, 3.05) is 5.73 Å². The first-order valence-corrected chi connectivity index (χ1v) is 6.75. The molecule has 0 unspecified atom stereocenters. The lowest BCUT2D eigenvalue weighted by molar-refractivity contribution is -0.297. The Morgan fingerprint density at radius 2 is 2.09 bits per heavy atom. The van der Waals surface area contributed by atoms with Crippen LogP contribution in [-0.2, 0) is 0 Å². The molecule has 1 amide bonds. The zero-order valence-corrected chi connectivity index (χ0v) is 11.9. The Labute approximate surface area is 125 Å². The summed E-state index contributed by atoms with van der Waals surface area (Å²) in [5.41, 5.74) is 2.31. The van der Waals surface area contributed by atoms with Crippen LogP contribution in [0.3, 0.4) is 0 Å². The van der Waals surface area contributed by atoms with Gasteiger partial charge < -0.3 is 10.8 Å². The standard InChI is InChI=1S/C14H16F3N3O2/c1-2-5-9-8-13(22,14(15,16)17)20(19-9)12(21)10-6-3-4-7-11(10)18/h3-4,6-7,22H,2,5,8,18H2,1H3/t13-/m0/s1. The summed E-state index contributed by atoms with van der Waals surface area (Å²) in [7, 11) is 0. The second kappa shape index (κ2) is 5.60. The van der Waals surface area contributed by atoms with Gasteiger partial charge in [0, 0.05) is 17.8 Å². The van der Waals surface area contributed by atoms with Crippen molar-refractivity contribution in [3.05, 3.63) is 29.8 Å². The number of anilines is 1. The smallest absolute Gasteiger partial charge is 0.398 e. The Morgan fingerprint density at radius 1 is 1.45 bits per heavy atom. The first-order chi connectivity index (χ1) is 10.2. The maximum Gasteiger partial charge on any atom is 0.438 e. The van der Waals surface area contributed by atoms with Gasteiger partial charge in [-0.05, 0) is 18.6 Å². The molecule has 1 aliphatic heterocycles. The number of hydrogen-bond acceptors (Lipinski definition) is 4. The highest BCUT2D eigenvalue weighted by Crippen LogP contribution is 2.41. The highest BCUT2D eigenvalue weighted by atomic mass is 19.4. The number of nitrogen functional groups attached to an aromatic ring is 1. The molecule has 1 heterocycles. The molecule has 0 spiro atoms. The average Bonchev–Trinajstić information content (AvgIpc) is 2.77. The fraction of sp³-hybridized carbons (Fsp3) is 0.429. The largest absolute Gasteiger partial charge is 0.438 e. The van der Waals surface area contributed by atoms with E-state index in [2.05, 4.69) is 5.10 Å². The molecule has 2 rings (SSSR count). The number of halogens is 3. The van der Waals surface area contributed by atoms with Crippen LogP contribution in [-0.4, -0.2) is 33.6 Å². The van der Waals surface area contributed by atoms with Gasteiger partial charge in [-0.3, -0.25) is 4.79 Å². The van der Waals surface area contributed by atoms with Crippen LogP contribution in [0.1, 0.15) is 36.5 Å². The lowest BCUT2D eigenvalue weighted by Crippen LogP contribution is -2.56. The van der Waals surface area contributed by atoms with Crippen molar-refractivity contribution in [1.82, 2.24) is 5.01 Å². The molecule has 0 bridgehead atoms. The molecule has 1 atom stereocenters. The van der Waals surface area contributed by atoms with Crippen LogP contribution >= 0.6 is 0 Å². The minimum Gasteiger partial charge on any atom is -0.398 e. The number of nitrogens with two attached hydrogens (primary N) is 1. The van der Waals surface area contributed by atoms with E-state index < -0.39 is 24.2 Å². The van der Waals surface area contributed by atoms with Crippen molar-refractivity contribution in [3.63, 3.8) is 0 Å². The van der Waals surface area contributed by atoms with Crippen LogP contribution in [0.15, 0.2) is 29.4 Å². The van der Waals surface area contributed by atoms with E-state index in [1.54, 1.807) is 13.0 Å². The molecule has 3 N–H and O–H groups in total. The molecule has 0 saturated carbocycles. The summed E-state index contributed by atoms with van der Waals surface area (Å²) in [6.45, 7) is 1.77. The first kappa shape index (κ1) is 16.3. The van der Waals surface area contributed by atoms with E-state index in [4.69, 9.17) is 5.73 Å². The number of para-hydroxylation sites is 1.